The van der Waals surface area contributed by atoms with Gasteiger partial charge in [0.1, 0.15) is 5.82 Å². The van der Waals surface area contributed by atoms with Crippen LogP contribution in [0.2, 0.25) is 0 Å². The fraction of sp³-hybridized carbons (Fsp3) is 0.190. The number of aromatic nitrogens is 2. The highest BCUT2D eigenvalue weighted by atomic mass is 19.1. The summed E-state index contributed by atoms with van der Waals surface area (Å²) in [5, 5.41) is 0. The van der Waals surface area contributed by atoms with Crippen LogP contribution in [0.3, 0.4) is 0 Å². The summed E-state index contributed by atoms with van der Waals surface area (Å²) in [5.41, 5.74) is 3.24. The SMILES string of the molecule is O=C(/C=C/c1cnc2ccccc2n1)N1CCCC1c1ccc(F)cc1. The fourth-order valence-corrected chi connectivity index (χ4v) is 3.37. The Morgan fingerprint density at radius 2 is 1.88 bits per heavy atom. The molecule has 0 radical (unpaired) electrons. The van der Waals surface area contributed by atoms with Crippen molar-refractivity contribution in [2.75, 3.05) is 6.54 Å². The predicted octanol–water partition coefficient (Wildman–Crippen LogP) is 4.15. The molecular formula is C21H18FN3O. The Labute approximate surface area is 151 Å². The first-order chi connectivity index (χ1) is 12.7. The van der Waals surface area contributed by atoms with E-state index in [0.29, 0.717) is 12.2 Å². The molecule has 1 atom stereocenters. The van der Waals surface area contributed by atoms with Gasteiger partial charge in [-0.15, -0.1) is 0 Å². The van der Waals surface area contributed by atoms with Crippen molar-refractivity contribution in [1.29, 1.82) is 0 Å². The van der Waals surface area contributed by atoms with Crippen LogP contribution < -0.4 is 0 Å². The number of carbonyl (C=O) groups is 1. The van der Waals surface area contributed by atoms with E-state index in [1.807, 2.05) is 29.2 Å². The molecule has 26 heavy (non-hydrogen) atoms. The molecule has 1 amide bonds. The van der Waals surface area contributed by atoms with Crippen molar-refractivity contribution in [2.45, 2.75) is 18.9 Å². The third kappa shape index (κ3) is 3.33. The van der Waals surface area contributed by atoms with E-state index in [0.717, 1.165) is 29.4 Å². The molecule has 0 N–H and O–H groups in total. The average Bonchev–Trinajstić information content (AvgIpc) is 3.16. The summed E-state index contributed by atoms with van der Waals surface area (Å²) in [7, 11) is 0. The van der Waals surface area contributed by atoms with Gasteiger partial charge in [-0.25, -0.2) is 9.37 Å². The quantitative estimate of drug-likeness (QED) is 0.669. The van der Waals surface area contributed by atoms with Gasteiger partial charge in [0.05, 0.1) is 29.0 Å². The molecule has 0 saturated carbocycles. The van der Waals surface area contributed by atoms with E-state index < -0.39 is 0 Å². The molecular weight excluding hydrogens is 329 g/mol. The lowest BCUT2D eigenvalue weighted by Gasteiger charge is -2.23. The largest absolute Gasteiger partial charge is 0.332 e. The Morgan fingerprint density at radius 1 is 1.12 bits per heavy atom. The summed E-state index contributed by atoms with van der Waals surface area (Å²) in [6, 6.07) is 14.0. The van der Waals surface area contributed by atoms with Gasteiger partial charge >= 0.3 is 0 Å². The van der Waals surface area contributed by atoms with Crippen molar-refractivity contribution in [3.8, 4) is 0 Å². The number of amides is 1. The second-order valence-corrected chi connectivity index (χ2v) is 6.36. The molecule has 4 rings (SSSR count). The Morgan fingerprint density at radius 3 is 2.69 bits per heavy atom. The number of halogens is 1. The van der Waals surface area contributed by atoms with Crippen LogP contribution in [0.1, 0.15) is 30.1 Å². The van der Waals surface area contributed by atoms with Crippen LogP contribution in [0.25, 0.3) is 17.1 Å². The second kappa shape index (κ2) is 7.04. The molecule has 1 saturated heterocycles. The number of likely N-dealkylation sites (tertiary alicyclic amines) is 1. The molecule has 2 aromatic carbocycles. The summed E-state index contributed by atoms with van der Waals surface area (Å²) in [5.74, 6) is -0.328. The zero-order valence-electron chi connectivity index (χ0n) is 14.2. The highest BCUT2D eigenvalue weighted by Gasteiger charge is 2.28. The number of rotatable bonds is 3. The number of fused-ring (bicyclic) bond motifs is 1. The maximum absolute atomic E-state index is 13.1. The fourth-order valence-electron chi connectivity index (χ4n) is 3.37. The van der Waals surface area contributed by atoms with Crippen LogP contribution in [0, 0.1) is 5.82 Å². The third-order valence-electron chi connectivity index (χ3n) is 4.65. The number of benzene rings is 2. The van der Waals surface area contributed by atoms with Gasteiger partial charge in [-0.3, -0.25) is 9.78 Å². The summed E-state index contributed by atoms with van der Waals surface area (Å²) >= 11 is 0. The molecule has 0 spiro atoms. The molecule has 1 aromatic heterocycles. The van der Waals surface area contributed by atoms with Gasteiger partial charge in [-0.05, 0) is 48.7 Å². The van der Waals surface area contributed by atoms with E-state index in [4.69, 9.17) is 0 Å². The Hall–Kier alpha value is -3.08. The molecule has 3 aromatic rings. The summed E-state index contributed by atoms with van der Waals surface area (Å²) in [6.07, 6.45) is 6.73. The van der Waals surface area contributed by atoms with Crippen molar-refractivity contribution in [3.63, 3.8) is 0 Å². The van der Waals surface area contributed by atoms with Crippen molar-refractivity contribution in [1.82, 2.24) is 14.9 Å². The number of hydrogen-bond donors (Lipinski definition) is 0. The van der Waals surface area contributed by atoms with Gasteiger partial charge in [0.15, 0.2) is 0 Å². The topological polar surface area (TPSA) is 46.1 Å². The van der Waals surface area contributed by atoms with E-state index in [1.54, 1.807) is 30.5 Å². The second-order valence-electron chi connectivity index (χ2n) is 6.36. The van der Waals surface area contributed by atoms with Crippen LogP contribution in [-0.2, 0) is 4.79 Å². The lowest BCUT2D eigenvalue weighted by Crippen LogP contribution is -2.28. The van der Waals surface area contributed by atoms with Gasteiger partial charge in [-0.1, -0.05) is 24.3 Å². The smallest absolute Gasteiger partial charge is 0.247 e. The van der Waals surface area contributed by atoms with Gasteiger partial charge in [0.2, 0.25) is 5.91 Å². The number of carbonyl (C=O) groups excluding carboxylic acids is 1. The minimum atomic E-state index is -0.264. The molecule has 4 nitrogen and oxygen atoms in total. The minimum absolute atomic E-state index is 0.00422. The molecule has 1 aliphatic rings. The summed E-state index contributed by atoms with van der Waals surface area (Å²) < 4.78 is 13.1. The molecule has 130 valence electrons. The van der Waals surface area contributed by atoms with Gasteiger partial charge in [-0.2, -0.15) is 0 Å². The lowest BCUT2D eigenvalue weighted by atomic mass is 10.0. The van der Waals surface area contributed by atoms with Crippen molar-refractivity contribution in [2.24, 2.45) is 0 Å². The molecule has 1 fully saturated rings. The standard InChI is InChI=1S/C21H18FN3O/c22-16-9-7-15(8-10-16)20-6-3-13-25(20)21(26)12-11-17-14-23-18-4-1-2-5-19(18)24-17/h1-2,4-5,7-12,14,20H,3,6,13H2/b12-11+. The highest BCUT2D eigenvalue weighted by molar-refractivity contribution is 5.92. The number of hydrogen-bond acceptors (Lipinski definition) is 3. The molecule has 0 bridgehead atoms. The monoisotopic (exact) mass is 347 g/mol. The normalized spacial score (nSPS) is 17.3. The first-order valence-corrected chi connectivity index (χ1v) is 8.67. The molecule has 1 aliphatic heterocycles. The van der Waals surface area contributed by atoms with Crippen LogP contribution in [-0.4, -0.2) is 27.3 Å². The van der Waals surface area contributed by atoms with Crippen molar-refractivity contribution in [3.05, 3.63) is 77.9 Å². The highest BCUT2D eigenvalue weighted by Crippen LogP contribution is 2.32. The van der Waals surface area contributed by atoms with Crippen LogP contribution in [0.5, 0.6) is 0 Å². The van der Waals surface area contributed by atoms with E-state index in [1.165, 1.54) is 12.1 Å². The van der Waals surface area contributed by atoms with E-state index in [-0.39, 0.29) is 17.8 Å². The third-order valence-corrected chi connectivity index (χ3v) is 4.65. The summed E-state index contributed by atoms with van der Waals surface area (Å²) in [4.78, 5) is 23.3. The van der Waals surface area contributed by atoms with Crippen LogP contribution in [0.15, 0.2) is 60.8 Å². The Bertz CT molecular complexity index is 968. The predicted molar refractivity (Wildman–Crippen MR) is 98.7 cm³/mol. The van der Waals surface area contributed by atoms with Gasteiger partial charge < -0.3 is 4.90 Å². The maximum Gasteiger partial charge on any atom is 0.247 e. The lowest BCUT2D eigenvalue weighted by molar-refractivity contribution is -0.126. The van der Waals surface area contributed by atoms with Crippen molar-refractivity contribution >= 4 is 23.0 Å². The number of para-hydroxylation sites is 2. The van der Waals surface area contributed by atoms with E-state index in [9.17, 15) is 9.18 Å². The number of nitrogens with zero attached hydrogens (tertiary/aromatic N) is 3. The van der Waals surface area contributed by atoms with Crippen LogP contribution >= 0.6 is 0 Å². The van der Waals surface area contributed by atoms with Gasteiger partial charge in [0.25, 0.3) is 0 Å². The minimum Gasteiger partial charge on any atom is -0.332 e. The molecule has 5 heteroatoms. The summed E-state index contributed by atoms with van der Waals surface area (Å²) in [6.45, 7) is 0.703. The van der Waals surface area contributed by atoms with E-state index in [2.05, 4.69) is 9.97 Å². The zero-order chi connectivity index (χ0) is 17.9. The molecule has 0 aliphatic carbocycles. The van der Waals surface area contributed by atoms with E-state index >= 15 is 0 Å². The molecule has 1 unspecified atom stereocenters. The first-order valence-electron chi connectivity index (χ1n) is 8.67. The first kappa shape index (κ1) is 16.4. The van der Waals surface area contributed by atoms with Gasteiger partial charge in [0, 0.05) is 12.6 Å². The van der Waals surface area contributed by atoms with Crippen LogP contribution in [0.4, 0.5) is 4.39 Å². The Balaban J connectivity index is 1.52. The van der Waals surface area contributed by atoms with Crippen molar-refractivity contribution < 1.29 is 9.18 Å². The Kier molecular flexibility index (Phi) is 4.44. The zero-order valence-corrected chi connectivity index (χ0v) is 14.2. The maximum atomic E-state index is 13.1. The molecule has 2 heterocycles. The average molecular weight is 347 g/mol.